The fourth-order valence-electron chi connectivity index (χ4n) is 3.23. The van der Waals surface area contributed by atoms with Gasteiger partial charge in [-0.3, -0.25) is 4.79 Å². The third kappa shape index (κ3) is 3.47. The molecule has 0 bridgehead atoms. The van der Waals surface area contributed by atoms with Gasteiger partial charge in [-0.25, -0.2) is 0 Å². The van der Waals surface area contributed by atoms with E-state index in [4.69, 9.17) is 0 Å². The lowest BCUT2D eigenvalue weighted by molar-refractivity contribution is 0.0945. The number of H-pyrrole nitrogens is 1. The average Bonchev–Trinajstić information content (AvgIpc) is 3.35. The first-order chi connectivity index (χ1) is 12.8. The van der Waals surface area contributed by atoms with Crippen molar-refractivity contribution in [1.82, 2.24) is 10.3 Å². The summed E-state index contributed by atoms with van der Waals surface area (Å²) < 4.78 is 0. The first-order valence-electron chi connectivity index (χ1n) is 8.74. The Morgan fingerprint density at radius 1 is 1.00 bits per heavy atom. The van der Waals surface area contributed by atoms with Gasteiger partial charge in [-0.1, -0.05) is 54.6 Å². The number of aromatic nitrogens is 1. The lowest BCUT2D eigenvalue weighted by Gasteiger charge is -2.18. The Labute approximate surface area is 156 Å². The van der Waals surface area contributed by atoms with Gasteiger partial charge in [0, 0.05) is 34.1 Å². The first kappa shape index (κ1) is 16.8. The molecule has 4 aromatic rings. The molecule has 4 heteroatoms. The molecule has 0 spiro atoms. The van der Waals surface area contributed by atoms with Crippen molar-refractivity contribution in [3.8, 4) is 0 Å². The second kappa shape index (κ2) is 7.68. The van der Waals surface area contributed by atoms with Gasteiger partial charge in [0.15, 0.2) is 5.78 Å². The molecule has 2 N–H and O–H groups in total. The van der Waals surface area contributed by atoms with Crippen molar-refractivity contribution in [3.63, 3.8) is 0 Å². The number of carbonyl (C=O) groups is 1. The molecular formula is C22H20N2OS. The topological polar surface area (TPSA) is 44.9 Å². The van der Waals surface area contributed by atoms with E-state index in [2.05, 4.69) is 27.8 Å². The Morgan fingerprint density at radius 3 is 2.62 bits per heavy atom. The summed E-state index contributed by atoms with van der Waals surface area (Å²) in [4.78, 5) is 17.9. The third-order valence-electron chi connectivity index (χ3n) is 4.55. The number of hydrogen-bond acceptors (Lipinski definition) is 3. The first-order valence-corrected chi connectivity index (χ1v) is 9.62. The standard InChI is InChI=1S/C22H20N2OS/c25-22(19-15-24-20-11-5-4-10-18(19)20)21(16-7-2-1-3-8-16)23-13-12-17-9-6-14-26-17/h1-11,14-15,21,23-24H,12-13H2/t21-/m0/s1. The van der Waals surface area contributed by atoms with E-state index in [-0.39, 0.29) is 11.8 Å². The van der Waals surface area contributed by atoms with E-state index in [0.29, 0.717) is 0 Å². The summed E-state index contributed by atoms with van der Waals surface area (Å²) in [6, 6.07) is 21.7. The number of aromatic amines is 1. The molecule has 0 saturated heterocycles. The number of para-hydroxylation sites is 1. The van der Waals surface area contributed by atoms with Crippen LogP contribution >= 0.6 is 11.3 Å². The summed E-state index contributed by atoms with van der Waals surface area (Å²) in [7, 11) is 0. The molecule has 4 rings (SSSR count). The number of fused-ring (bicyclic) bond motifs is 1. The molecule has 2 heterocycles. The zero-order valence-electron chi connectivity index (χ0n) is 14.3. The van der Waals surface area contributed by atoms with E-state index >= 15 is 0 Å². The van der Waals surface area contributed by atoms with Crippen molar-refractivity contribution in [2.24, 2.45) is 0 Å². The highest BCUT2D eigenvalue weighted by Gasteiger charge is 2.23. The zero-order valence-corrected chi connectivity index (χ0v) is 15.1. The molecule has 0 unspecified atom stereocenters. The number of nitrogens with one attached hydrogen (secondary N) is 2. The average molecular weight is 360 g/mol. The minimum Gasteiger partial charge on any atom is -0.360 e. The molecule has 0 aliphatic rings. The van der Waals surface area contributed by atoms with E-state index in [9.17, 15) is 4.79 Å². The highest BCUT2D eigenvalue weighted by atomic mass is 32.1. The summed E-state index contributed by atoms with van der Waals surface area (Å²) in [5.74, 6) is 0.0971. The van der Waals surface area contributed by atoms with Crippen LogP contribution in [0.1, 0.15) is 26.8 Å². The van der Waals surface area contributed by atoms with Gasteiger partial charge in [0.2, 0.25) is 0 Å². The Kier molecular flexibility index (Phi) is 4.95. The van der Waals surface area contributed by atoms with E-state index < -0.39 is 0 Å². The summed E-state index contributed by atoms with van der Waals surface area (Å²) >= 11 is 1.75. The van der Waals surface area contributed by atoms with Crippen LogP contribution in [0.4, 0.5) is 0 Å². The SMILES string of the molecule is O=C(c1c[nH]c2ccccc12)[C@@H](NCCc1cccs1)c1ccccc1. The maximum Gasteiger partial charge on any atom is 0.186 e. The second-order valence-electron chi connectivity index (χ2n) is 6.24. The van der Waals surface area contributed by atoms with Crippen molar-refractivity contribution in [2.45, 2.75) is 12.5 Å². The smallest absolute Gasteiger partial charge is 0.186 e. The summed E-state index contributed by atoms with van der Waals surface area (Å²) in [5, 5.41) is 6.53. The van der Waals surface area contributed by atoms with Crippen LogP contribution in [0, 0.1) is 0 Å². The highest BCUT2D eigenvalue weighted by Crippen LogP contribution is 2.24. The van der Waals surface area contributed by atoms with E-state index in [1.165, 1.54) is 4.88 Å². The maximum atomic E-state index is 13.3. The molecule has 0 radical (unpaired) electrons. The fraction of sp³-hybridized carbons (Fsp3) is 0.136. The maximum absolute atomic E-state index is 13.3. The number of thiophene rings is 1. The second-order valence-corrected chi connectivity index (χ2v) is 7.27. The van der Waals surface area contributed by atoms with Crippen molar-refractivity contribution in [2.75, 3.05) is 6.54 Å². The number of Topliss-reactive ketones (excluding diaryl/α,β-unsaturated/α-hetero) is 1. The number of benzene rings is 2. The van der Waals surface area contributed by atoms with Crippen LogP contribution < -0.4 is 5.32 Å². The number of ketones is 1. The minimum absolute atomic E-state index is 0.0971. The van der Waals surface area contributed by atoms with E-state index in [0.717, 1.165) is 35.0 Å². The van der Waals surface area contributed by atoms with Crippen molar-refractivity contribution in [1.29, 1.82) is 0 Å². The van der Waals surface area contributed by atoms with Gasteiger partial charge in [-0.15, -0.1) is 11.3 Å². The quantitative estimate of drug-likeness (QED) is 0.456. The van der Waals surface area contributed by atoms with Crippen LogP contribution in [0.2, 0.25) is 0 Å². The van der Waals surface area contributed by atoms with Crippen LogP contribution in [0.5, 0.6) is 0 Å². The van der Waals surface area contributed by atoms with Gasteiger partial charge in [0.05, 0.1) is 6.04 Å². The molecule has 2 aromatic heterocycles. The summed E-state index contributed by atoms with van der Waals surface area (Å²) in [6.45, 7) is 0.758. The van der Waals surface area contributed by atoms with Crippen molar-refractivity contribution < 1.29 is 4.79 Å². The van der Waals surface area contributed by atoms with Crippen molar-refractivity contribution >= 4 is 28.0 Å². The van der Waals surface area contributed by atoms with Crippen LogP contribution in [0.15, 0.2) is 78.3 Å². The molecule has 0 aliphatic heterocycles. The molecule has 26 heavy (non-hydrogen) atoms. The van der Waals surface area contributed by atoms with Crippen LogP contribution in [-0.2, 0) is 6.42 Å². The van der Waals surface area contributed by atoms with Gasteiger partial charge in [-0.2, -0.15) is 0 Å². The molecule has 2 aromatic carbocycles. The van der Waals surface area contributed by atoms with Crippen molar-refractivity contribution in [3.05, 3.63) is 94.3 Å². The Morgan fingerprint density at radius 2 is 1.81 bits per heavy atom. The van der Waals surface area contributed by atoms with Gasteiger partial charge >= 0.3 is 0 Å². The zero-order chi connectivity index (χ0) is 17.8. The Balaban J connectivity index is 1.60. The third-order valence-corrected chi connectivity index (χ3v) is 5.49. The number of hydrogen-bond donors (Lipinski definition) is 2. The van der Waals surface area contributed by atoms with E-state index in [1.54, 1.807) is 11.3 Å². The largest absolute Gasteiger partial charge is 0.360 e. The van der Waals surface area contributed by atoms with Gasteiger partial charge < -0.3 is 10.3 Å². The highest BCUT2D eigenvalue weighted by molar-refractivity contribution is 7.09. The Hall–Kier alpha value is -2.69. The molecular weight excluding hydrogens is 340 g/mol. The van der Waals surface area contributed by atoms with Crippen LogP contribution in [0.3, 0.4) is 0 Å². The Bertz CT molecular complexity index is 989. The normalized spacial score (nSPS) is 12.3. The van der Waals surface area contributed by atoms with E-state index in [1.807, 2.05) is 60.8 Å². The summed E-state index contributed by atoms with van der Waals surface area (Å²) in [6.07, 6.45) is 2.74. The molecule has 130 valence electrons. The van der Waals surface area contributed by atoms with Crippen LogP contribution in [0.25, 0.3) is 10.9 Å². The van der Waals surface area contributed by atoms with Crippen LogP contribution in [-0.4, -0.2) is 17.3 Å². The molecule has 0 aliphatic carbocycles. The lowest BCUT2D eigenvalue weighted by atomic mass is 9.97. The minimum atomic E-state index is -0.352. The predicted molar refractivity (Wildman–Crippen MR) is 108 cm³/mol. The number of carbonyl (C=O) groups excluding carboxylic acids is 1. The van der Waals surface area contributed by atoms with Gasteiger partial charge in [0.25, 0.3) is 0 Å². The monoisotopic (exact) mass is 360 g/mol. The predicted octanol–water partition coefficient (Wildman–Crippen LogP) is 4.99. The molecule has 0 amide bonds. The summed E-state index contributed by atoms with van der Waals surface area (Å²) in [5.41, 5.74) is 2.72. The lowest BCUT2D eigenvalue weighted by Crippen LogP contribution is -2.30. The molecule has 1 atom stereocenters. The number of rotatable bonds is 7. The molecule has 3 nitrogen and oxygen atoms in total. The molecule has 0 fully saturated rings. The van der Waals surface area contributed by atoms with Gasteiger partial charge in [-0.05, 0) is 29.5 Å². The van der Waals surface area contributed by atoms with Gasteiger partial charge in [0.1, 0.15) is 0 Å². The molecule has 0 saturated carbocycles. The fourth-order valence-corrected chi connectivity index (χ4v) is 3.94.